The van der Waals surface area contributed by atoms with Gasteiger partial charge in [-0.25, -0.2) is 0 Å². The summed E-state index contributed by atoms with van der Waals surface area (Å²) in [6, 6.07) is 13.8. The Morgan fingerprint density at radius 3 is 2.76 bits per heavy atom. The first kappa shape index (κ1) is 14.0. The van der Waals surface area contributed by atoms with Gasteiger partial charge in [-0.2, -0.15) is 0 Å². The van der Waals surface area contributed by atoms with Crippen LogP contribution in [0, 0.1) is 6.92 Å². The topological polar surface area (TPSA) is 32.3 Å². The van der Waals surface area contributed by atoms with Gasteiger partial charge in [-0.15, -0.1) is 0 Å². The molecule has 1 unspecified atom stereocenters. The molecule has 0 radical (unpaired) electrons. The second-order valence-electron chi connectivity index (χ2n) is 5.33. The van der Waals surface area contributed by atoms with Crippen LogP contribution in [0.5, 0.6) is 0 Å². The third kappa shape index (κ3) is 2.49. The Labute approximate surface area is 129 Å². The highest BCUT2D eigenvalue weighted by molar-refractivity contribution is 6.31. The Morgan fingerprint density at radius 2 is 1.95 bits per heavy atom. The first-order chi connectivity index (χ1) is 10.1. The van der Waals surface area contributed by atoms with E-state index in [2.05, 4.69) is 11.4 Å². The number of para-hydroxylation sites is 1. The summed E-state index contributed by atoms with van der Waals surface area (Å²) in [5.74, 6) is 0.117. The summed E-state index contributed by atoms with van der Waals surface area (Å²) in [7, 11) is 1.82. The molecule has 2 aromatic carbocycles. The maximum Gasteiger partial charge on any atom is 0.229 e. The monoisotopic (exact) mass is 300 g/mol. The van der Waals surface area contributed by atoms with E-state index in [1.165, 1.54) is 0 Å². The fourth-order valence-corrected chi connectivity index (χ4v) is 2.90. The minimum Gasteiger partial charge on any atom is -0.377 e. The quantitative estimate of drug-likeness (QED) is 0.903. The number of rotatable bonds is 2. The molecule has 108 valence electrons. The van der Waals surface area contributed by atoms with Gasteiger partial charge in [0.2, 0.25) is 5.91 Å². The molecule has 1 heterocycles. The normalized spacial score (nSPS) is 17.6. The Bertz CT molecular complexity index is 699. The Morgan fingerprint density at radius 1 is 1.19 bits per heavy atom. The van der Waals surface area contributed by atoms with Crippen LogP contribution in [-0.4, -0.2) is 13.0 Å². The first-order valence-electron chi connectivity index (χ1n) is 6.95. The molecular formula is C17H17ClN2O. The number of fused-ring (bicyclic) bond motifs is 1. The number of halogens is 1. The lowest BCUT2D eigenvalue weighted by molar-refractivity contribution is -0.118. The average Bonchev–Trinajstić information content (AvgIpc) is 2.49. The SMILES string of the molecule is Cc1c(Cl)cccc1NC1CC(=O)N(C)c2ccccc21. The standard InChI is InChI=1S/C17H17ClN2O/c1-11-13(18)7-5-8-14(11)19-15-10-17(21)20(2)16-9-4-3-6-12(15)16/h3-9,15,19H,10H2,1-2H3. The van der Waals surface area contributed by atoms with E-state index in [-0.39, 0.29) is 11.9 Å². The van der Waals surface area contributed by atoms with Crippen molar-refractivity contribution in [3.05, 3.63) is 58.6 Å². The zero-order chi connectivity index (χ0) is 15.0. The number of nitrogens with one attached hydrogen (secondary N) is 1. The van der Waals surface area contributed by atoms with Gasteiger partial charge < -0.3 is 10.2 Å². The predicted molar refractivity (Wildman–Crippen MR) is 87.0 cm³/mol. The summed E-state index contributed by atoms with van der Waals surface area (Å²) in [6.07, 6.45) is 0.444. The van der Waals surface area contributed by atoms with Crippen molar-refractivity contribution in [2.45, 2.75) is 19.4 Å². The first-order valence-corrected chi connectivity index (χ1v) is 7.33. The smallest absolute Gasteiger partial charge is 0.229 e. The van der Waals surface area contributed by atoms with Crippen molar-refractivity contribution in [1.82, 2.24) is 0 Å². The summed E-state index contributed by atoms with van der Waals surface area (Å²) >= 11 is 6.17. The van der Waals surface area contributed by atoms with Crippen molar-refractivity contribution < 1.29 is 4.79 Å². The maximum atomic E-state index is 12.2. The molecular weight excluding hydrogens is 284 g/mol. The molecule has 21 heavy (non-hydrogen) atoms. The molecule has 0 saturated heterocycles. The van der Waals surface area contributed by atoms with E-state index in [0.29, 0.717) is 6.42 Å². The third-order valence-corrected chi connectivity index (χ3v) is 4.43. The highest BCUT2D eigenvalue weighted by Crippen LogP contribution is 2.36. The van der Waals surface area contributed by atoms with Crippen LogP contribution < -0.4 is 10.2 Å². The summed E-state index contributed by atoms with van der Waals surface area (Å²) < 4.78 is 0. The average molecular weight is 301 g/mol. The highest BCUT2D eigenvalue weighted by Gasteiger charge is 2.28. The minimum atomic E-state index is -0.0259. The van der Waals surface area contributed by atoms with E-state index in [9.17, 15) is 4.79 Å². The summed E-state index contributed by atoms with van der Waals surface area (Å²) in [4.78, 5) is 13.9. The van der Waals surface area contributed by atoms with Gasteiger partial charge >= 0.3 is 0 Å². The second kappa shape index (κ2) is 5.41. The fraction of sp³-hybridized carbons (Fsp3) is 0.235. The van der Waals surface area contributed by atoms with E-state index in [4.69, 9.17) is 11.6 Å². The highest BCUT2D eigenvalue weighted by atomic mass is 35.5. The van der Waals surface area contributed by atoms with Gasteiger partial charge in [0.15, 0.2) is 0 Å². The predicted octanol–water partition coefficient (Wildman–Crippen LogP) is 4.17. The van der Waals surface area contributed by atoms with Crippen molar-refractivity contribution in [2.24, 2.45) is 0 Å². The van der Waals surface area contributed by atoms with Crippen LogP contribution in [0.25, 0.3) is 0 Å². The minimum absolute atomic E-state index is 0.0259. The van der Waals surface area contributed by atoms with Gasteiger partial charge in [-0.1, -0.05) is 35.9 Å². The summed E-state index contributed by atoms with van der Waals surface area (Å²) in [5.41, 5.74) is 4.08. The molecule has 1 aliphatic heterocycles. The van der Waals surface area contributed by atoms with Gasteiger partial charge in [0, 0.05) is 23.4 Å². The van der Waals surface area contributed by atoms with E-state index >= 15 is 0 Å². The van der Waals surface area contributed by atoms with Crippen molar-refractivity contribution >= 4 is 28.9 Å². The number of carbonyl (C=O) groups excluding carboxylic acids is 1. The van der Waals surface area contributed by atoms with Crippen LogP contribution in [-0.2, 0) is 4.79 Å². The number of nitrogens with zero attached hydrogens (tertiary/aromatic N) is 1. The van der Waals surface area contributed by atoms with Gasteiger partial charge in [0.1, 0.15) is 0 Å². The molecule has 0 aliphatic carbocycles. The summed E-state index contributed by atoms with van der Waals surface area (Å²) in [6.45, 7) is 1.98. The Balaban J connectivity index is 1.98. The summed E-state index contributed by atoms with van der Waals surface area (Å²) in [5, 5.41) is 4.19. The fourth-order valence-electron chi connectivity index (χ4n) is 2.72. The number of hydrogen-bond acceptors (Lipinski definition) is 2. The van der Waals surface area contributed by atoms with E-state index < -0.39 is 0 Å². The van der Waals surface area contributed by atoms with Crippen LogP contribution in [0.3, 0.4) is 0 Å². The van der Waals surface area contributed by atoms with Crippen LogP contribution in [0.15, 0.2) is 42.5 Å². The van der Waals surface area contributed by atoms with Crippen molar-refractivity contribution in [1.29, 1.82) is 0 Å². The molecule has 3 nitrogen and oxygen atoms in total. The molecule has 3 rings (SSSR count). The Hall–Kier alpha value is -2.00. The van der Waals surface area contributed by atoms with E-state index in [1.54, 1.807) is 4.90 Å². The molecule has 0 aromatic heterocycles. The van der Waals surface area contributed by atoms with Gasteiger partial charge in [-0.3, -0.25) is 4.79 Å². The zero-order valence-corrected chi connectivity index (χ0v) is 12.8. The maximum absolute atomic E-state index is 12.2. The molecule has 0 spiro atoms. The van der Waals surface area contributed by atoms with Gasteiger partial charge in [0.25, 0.3) is 0 Å². The molecule has 1 aliphatic rings. The molecule has 0 saturated carbocycles. The molecule has 0 bridgehead atoms. The van der Waals surface area contributed by atoms with Crippen LogP contribution in [0.2, 0.25) is 5.02 Å². The third-order valence-electron chi connectivity index (χ3n) is 4.02. The van der Waals surface area contributed by atoms with Crippen LogP contribution in [0.1, 0.15) is 23.6 Å². The number of anilines is 2. The number of carbonyl (C=O) groups is 1. The van der Waals surface area contributed by atoms with Crippen LogP contribution in [0.4, 0.5) is 11.4 Å². The number of hydrogen-bond donors (Lipinski definition) is 1. The number of benzene rings is 2. The molecule has 1 amide bonds. The lowest BCUT2D eigenvalue weighted by atomic mass is 9.95. The van der Waals surface area contributed by atoms with Gasteiger partial charge in [0.05, 0.1) is 12.5 Å². The molecule has 4 heteroatoms. The van der Waals surface area contributed by atoms with E-state index in [0.717, 1.165) is 27.5 Å². The zero-order valence-electron chi connectivity index (χ0n) is 12.1. The van der Waals surface area contributed by atoms with Crippen molar-refractivity contribution in [3.8, 4) is 0 Å². The Kier molecular flexibility index (Phi) is 3.60. The van der Waals surface area contributed by atoms with Gasteiger partial charge in [-0.05, 0) is 36.2 Å². The van der Waals surface area contributed by atoms with Crippen LogP contribution >= 0.6 is 11.6 Å². The lowest BCUT2D eigenvalue weighted by Gasteiger charge is -2.32. The largest absolute Gasteiger partial charge is 0.377 e. The lowest BCUT2D eigenvalue weighted by Crippen LogP contribution is -2.35. The van der Waals surface area contributed by atoms with Crippen molar-refractivity contribution in [3.63, 3.8) is 0 Å². The molecule has 0 fully saturated rings. The number of amides is 1. The molecule has 1 atom stereocenters. The second-order valence-corrected chi connectivity index (χ2v) is 5.73. The molecule has 1 N–H and O–H groups in total. The molecule has 2 aromatic rings. The van der Waals surface area contributed by atoms with E-state index in [1.807, 2.05) is 50.4 Å². The van der Waals surface area contributed by atoms with Crippen molar-refractivity contribution in [2.75, 3.05) is 17.3 Å².